The van der Waals surface area contributed by atoms with Gasteiger partial charge in [0.2, 0.25) is 23.6 Å². The molecule has 0 aromatic heterocycles. The summed E-state index contributed by atoms with van der Waals surface area (Å²) in [6.07, 6.45) is 1.32. The van der Waals surface area contributed by atoms with Gasteiger partial charge in [-0.3, -0.25) is 24.0 Å². The number of carbonyl (C=O) groups excluding carboxylic acids is 5. The monoisotopic (exact) mass is 693 g/mol. The number of likely N-dealkylation sites (tertiary alicyclic amines) is 1. The highest BCUT2D eigenvalue weighted by Gasteiger charge is 2.41. The topological polar surface area (TPSA) is 156 Å². The molecule has 1 saturated heterocycles. The lowest BCUT2D eigenvalue weighted by atomic mass is 9.94. The van der Waals surface area contributed by atoms with Gasteiger partial charge in [-0.15, -0.1) is 0 Å². The van der Waals surface area contributed by atoms with Gasteiger partial charge in [-0.1, -0.05) is 34.1 Å². The molecule has 1 aliphatic heterocycles. The van der Waals surface area contributed by atoms with Crippen LogP contribution < -0.4 is 20.7 Å². The minimum atomic E-state index is -0.747. The normalized spacial score (nSPS) is 17.5. The fourth-order valence-electron chi connectivity index (χ4n) is 6.50. The first-order valence-electron chi connectivity index (χ1n) is 17.0. The average Bonchev–Trinajstić information content (AvgIpc) is 3.57. The predicted molar refractivity (Wildman–Crippen MR) is 183 cm³/mol. The number of ketones is 1. The largest absolute Gasteiger partial charge is 0.497 e. The van der Waals surface area contributed by atoms with Crippen LogP contribution in [0.3, 0.4) is 0 Å². The summed E-state index contributed by atoms with van der Waals surface area (Å²) in [4.78, 5) is 68.6. The highest BCUT2D eigenvalue weighted by molar-refractivity contribution is 5.99. The summed E-state index contributed by atoms with van der Waals surface area (Å²) in [5.74, 6) is -2.99. The number of nitrogens with zero attached hydrogens (tertiary/aromatic N) is 2. The van der Waals surface area contributed by atoms with Crippen molar-refractivity contribution in [1.82, 2.24) is 25.8 Å². The minimum absolute atomic E-state index is 0.00420. The summed E-state index contributed by atoms with van der Waals surface area (Å²) in [5.41, 5.74) is -0.163. The number of rotatable bonds is 20. The third-order valence-corrected chi connectivity index (χ3v) is 9.33. The van der Waals surface area contributed by atoms with Crippen molar-refractivity contribution >= 4 is 29.4 Å². The van der Waals surface area contributed by atoms with Gasteiger partial charge in [0.15, 0.2) is 5.78 Å². The fraction of sp³-hybridized carbons (Fsp3) is 0.686. The van der Waals surface area contributed by atoms with Gasteiger partial charge >= 0.3 is 0 Å². The molecule has 49 heavy (non-hydrogen) atoms. The molecule has 0 spiro atoms. The maximum Gasteiger partial charge on any atom is 0.242 e. The van der Waals surface area contributed by atoms with E-state index < -0.39 is 60.3 Å². The minimum Gasteiger partial charge on any atom is -0.497 e. The van der Waals surface area contributed by atoms with Crippen molar-refractivity contribution in [3.8, 4) is 5.75 Å². The molecule has 1 aliphatic rings. The third-order valence-electron chi connectivity index (χ3n) is 9.33. The summed E-state index contributed by atoms with van der Waals surface area (Å²) >= 11 is 0. The van der Waals surface area contributed by atoms with Crippen molar-refractivity contribution in [3.63, 3.8) is 0 Å². The number of methoxy groups -OCH3 is 3. The van der Waals surface area contributed by atoms with Crippen LogP contribution >= 0.6 is 0 Å². The molecule has 1 aromatic rings. The van der Waals surface area contributed by atoms with E-state index in [2.05, 4.69) is 16.0 Å². The highest BCUT2D eigenvalue weighted by atomic mass is 19.1. The molecular formula is C35H56FN5O8. The molecule has 14 heteroatoms. The maximum atomic E-state index is 14.4. The molecule has 0 aliphatic carbocycles. The smallest absolute Gasteiger partial charge is 0.242 e. The van der Waals surface area contributed by atoms with Gasteiger partial charge in [0.05, 0.1) is 68.4 Å². The Kier molecular flexibility index (Phi) is 17.1. The van der Waals surface area contributed by atoms with Gasteiger partial charge in [0, 0.05) is 33.9 Å². The molecule has 0 radical (unpaired) electrons. The van der Waals surface area contributed by atoms with Gasteiger partial charge in [0.25, 0.3) is 0 Å². The van der Waals surface area contributed by atoms with Crippen molar-refractivity contribution in [2.45, 2.75) is 90.1 Å². The molecular weight excluding hydrogens is 637 g/mol. The van der Waals surface area contributed by atoms with E-state index >= 15 is 0 Å². The summed E-state index contributed by atoms with van der Waals surface area (Å²) in [6, 6.07) is 2.61. The van der Waals surface area contributed by atoms with E-state index in [0.717, 1.165) is 12.5 Å². The second-order valence-electron chi connectivity index (χ2n) is 12.8. The molecule has 13 nitrogen and oxygen atoms in total. The molecule has 1 fully saturated rings. The Hall–Kier alpha value is -3.62. The van der Waals surface area contributed by atoms with E-state index in [9.17, 15) is 28.4 Å². The van der Waals surface area contributed by atoms with Crippen LogP contribution in [-0.2, 0) is 28.7 Å². The number of hydrogen-bond acceptors (Lipinski definition) is 9. The first-order valence-corrected chi connectivity index (χ1v) is 17.0. The summed E-state index contributed by atoms with van der Waals surface area (Å²) in [6.45, 7) is 7.34. The number of hydrogen-bond donors (Lipinski definition) is 3. The van der Waals surface area contributed by atoms with Crippen molar-refractivity contribution in [1.29, 1.82) is 0 Å². The quantitative estimate of drug-likeness (QED) is 0.174. The van der Waals surface area contributed by atoms with Crippen molar-refractivity contribution in [2.75, 3.05) is 55.1 Å². The molecule has 5 unspecified atom stereocenters. The standard InChI is InChI=1S/C35H56FN5O8/c1-10-12-26(40(6)31(44)20-39-35(46)32(37-5)21(2)3)29(48-8)18-30(43)41-16-11-13-27(41)33(49-9)22(4)34(45)38-19-28(42)24-15-14-23(47-7)17-25(24)36/h14-15,17,21-22,26-27,29,32-33,37H,10-13,16,18-20H2,1-9H3,(H,38,45)(H,39,46)/t22?,26-,27?,29?,32?,33?/m0/s1. The summed E-state index contributed by atoms with van der Waals surface area (Å²) < 4.78 is 30.9. The Morgan fingerprint density at radius 3 is 2.24 bits per heavy atom. The molecule has 4 amide bonds. The Morgan fingerprint density at radius 1 is 1.02 bits per heavy atom. The number of nitrogens with one attached hydrogen (secondary N) is 3. The number of carbonyl (C=O) groups is 5. The first kappa shape index (κ1) is 41.6. The first-order chi connectivity index (χ1) is 23.2. The van der Waals surface area contributed by atoms with Gasteiger partial charge in [0.1, 0.15) is 11.6 Å². The number of halogens is 1. The van der Waals surface area contributed by atoms with Crippen LogP contribution in [0.25, 0.3) is 0 Å². The van der Waals surface area contributed by atoms with Crippen LogP contribution in [0, 0.1) is 17.7 Å². The van der Waals surface area contributed by atoms with Crippen molar-refractivity contribution < 1.29 is 42.6 Å². The second kappa shape index (κ2) is 20.1. The lowest BCUT2D eigenvalue weighted by Crippen LogP contribution is -2.53. The number of benzene rings is 1. The Morgan fingerprint density at radius 2 is 1.69 bits per heavy atom. The maximum absolute atomic E-state index is 14.4. The van der Waals surface area contributed by atoms with Gasteiger partial charge < -0.3 is 40.0 Å². The lowest BCUT2D eigenvalue weighted by molar-refractivity contribution is -0.144. The number of Topliss-reactive ketones (excluding diaryl/α,β-unsaturated/α-hetero) is 1. The van der Waals surface area contributed by atoms with E-state index in [1.165, 1.54) is 33.5 Å². The van der Waals surface area contributed by atoms with Crippen LogP contribution in [-0.4, -0.2) is 125 Å². The van der Waals surface area contributed by atoms with Gasteiger partial charge in [-0.2, -0.15) is 0 Å². The van der Waals surface area contributed by atoms with E-state index in [-0.39, 0.29) is 47.9 Å². The summed E-state index contributed by atoms with van der Waals surface area (Å²) in [7, 11) is 7.72. The van der Waals surface area contributed by atoms with Crippen LogP contribution in [0.15, 0.2) is 18.2 Å². The summed E-state index contributed by atoms with van der Waals surface area (Å²) in [5, 5.41) is 8.27. The molecule has 1 heterocycles. The lowest BCUT2D eigenvalue weighted by Gasteiger charge is -2.37. The number of ether oxygens (including phenoxy) is 3. The van der Waals surface area contributed by atoms with E-state index in [4.69, 9.17) is 14.2 Å². The van der Waals surface area contributed by atoms with Gasteiger partial charge in [-0.25, -0.2) is 4.39 Å². The zero-order valence-electron chi connectivity index (χ0n) is 30.5. The fourth-order valence-corrected chi connectivity index (χ4v) is 6.50. The van der Waals surface area contributed by atoms with E-state index in [0.29, 0.717) is 25.8 Å². The van der Waals surface area contributed by atoms with Crippen LogP contribution in [0.4, 0.5) is 4.39 Å². The molecule has 0 bridgehead atoms. The Balaban J connectivity index is 2.08. The van der Waals surface area contributed by atoms with Crippen LogP contribution in [0.2, 0.25) is 0 Å². The van der Waals surface area contributed by atoms with E-state index in [1.807, 2.05) is 20.8 Å². The SMILES string of the molecule is CCC[C@@H](C(CC(=O)N1CCCC1C(OC)C(C)C(=O)NCC(=O)c1ccc(OC)cc1F)OC)N(C)C(=O)CNC(=O)C(NC)C(C)C. The average molecular weight is 694 g/mol. The second-order valence-corrected chi connectivity index (χ2v) is 12.8. The Bertz CT molecular complexity index is 1280. The van der Waals surface area contributed by atoms with Crippen molar-refractivity contribution in [3.05, 3.63) is 29.6 Å². The number of amides is 4. The van der Waals surface area contributed by atoms with Crippen LogP contribution in [0.1, 0.15) is 70.2 Å². The van der Waals surface area contributed by atoms with Gasteiger partial charge in [-0.05, 0) is 44.4 Å². The van der Waals surface area contributed by atoms with Crippen LogP contribution in [0.5, 0.6) is 5.75 Å². The zero-order chi connectivity index (χ0) is 36.8. The predicted octanol–water partition coefficient (Wildman–Crippen LogP) is 2.17. The molecule has 276 valence electrons. The Labute approximate surface area is 289 Å². The van der Waals surface area contributed by atoms with E-state index in [1.54, 1.807) is 30.8 Å². The molecule has 2 rings (SSSR count). The molecule has 6 atom stereocenters. The highest BCUT2D eigenvalue weighted by Crippen LogP contribution is 2.28. The zero-order valence-corrected chi connectivity index (χ0v) is 30.5. The molecule has 3 N–H and O–H groups in total. The molecule has 0 saturated carbocycles. The number of likely N-dealkylation sites (N-methyl/N-ethyl adjacent to an activating group) is 2. The third kappa shape index (κ3) is 11.2. The molecule has 1 aromatic carbocycles. The van der Waals surface area contributed by atoms with Crippen molar-refractivity contribution in [2.24, 2.45) is 11.8 Å².